The summed E-state index contributed by atoms with van der Waals surface area (Å²) in [7, 11) is 2.92. The second-order valence-corrected chi connectivity index (χ2v) is 6.86. The molecule has 0 aromatic heterocycles. The first-order chi connectivity index (χ1) is 14.0. The van der Waals surface area contributed by atoms with Gasteiger partial charge in [0.2, 0.25) is 11.8 Å². The number of methoxy groups -OCH3 is 2. The molecule has 2 aromatic carbocycles. The van der Waals surface area contributed by atoms with Gasteiger partial charge in [0.15, 0.2) is 0 Å². The lowest BCUT2D eigenvalue weighted by atomic mass is 10.1. The van der Waals surface area contributed by atoms with Crippen LogP contribution in [0, 0.1) is 5.92 Å². The highest BCUT2D eigenvalue weighted by Gasteiger charge is 2.34. The number of amides is 2. The number of esters is 1. The van der Waals surface area contributed by atoms with Gasteiger partial charge in [-0.2, -0.15) is 0 Å². The molecular weight excluding hydrogens is 372 g/mol. The molecule has 1 saturated heterocycles. The fraction of sp³-hybridized carbons (Fsp3) is 0.318. The zero-order chi connectivity index (χ0) is 20.8. The molecule has 0 spiro atoms. The number of ether oxygens (including phenoxy) is 2. The highest BCUT2D eigenvalue weighted by molar-refractivity contribution is 5.98. The number of carbonyl (C=O) groups excluding carboxylic acids is 3. The Balaban J connectivity index is 1.58. The Hall–Kier alpha value is -3.35. The van der Waals surface area contributed by atoms with E-state index in [0.717, 1.165) is 11.3 Å². The normalized spacial score (nSPS) is 15.9. The van der Waals surface area contributed by atoms with Crippen LogP contribution in [0.15, 0.2) is 48.5 Å². The number of carbonyl (C=O) groups is 3. The van der Waals surface area contributed by atoms with Crippen molar-refractivity contribution in [2.24, 2.45) is 5.92 Å². The van der Waals surface area contributed by atoms with Gasteiger partial charge in [-0.05, 0) is 36.2 Å². The van der Waals surface area contributed by atoms with Gasteiger partial charge in [-0.1, -0.05) is 24.3 Å². The van der Waals surface area contributed by atoms with Crippen LogP contribution in [-0.4, -0.2) is 50.0 Å². The summed E-state index contributed by atoms with van der Waals surface area (Å²) >= 11 is 0. The minimum atomic E-state index is -0.473. The Morgan fingerprint density at radius 3 is 2.69 bits per heavy atom. The van der Waals surface area contributed by atoms with Gasteiger partial charge in [0.05, 0.1) is 25.7 Å². The van der Waals surface area contributed by atoms with Crippen molar-refractivity contribution in [2.45, 2.75) is 12.8 Å². The maximum Gasteiger partial charge on any atom is 0.337 e. The lowest BCUT2D eigenvalue weighted by molar-refractivity contribution is -0.128. The van der Waals surface area contributed by atoms with Gasteiger partial charge in [0.1, 0.15) is 5.75 Å². The van der Waals surface area contributed by atoms with Crippen LogP contribution in [-0.2, 0) is 20.7 Å². The molecule has 2 aromatic rings. The van der Waals surface area contributed by atoms with E-state index in [-0.39, 0.29) is 18.2 Å². The molecule has 3 rings (SSSR count). The summed E-state index contributed by atoms with van der Waals surface area (Å²) in [5.74, 6) is -0.385. The molecule has 7 heteroatoms. The highest BCUT2D eigenvalue weighted by Crippen LogP contribution is 2.23. The summed E-state index contributed by atoms with van der Waals surface area (Å²) < 4.78 is 10.0. The molecule has 1 N–H and O–H groups in total. The third-order valence-corrected chi connectivity index (χ3v) is 4.98. The summed E-state index contributed by atoms with van der Waals surface area (Å²) in [4.78, 5) is 38.3. The van der Waals surface area contributed by atoms with Crippen LogP contribution in [0.3, 0.4) is 0 Å². The lowest BCUT2D eigenvalue weighted by Gasteiger charge is -2.17. The molecule has 1 unspecified atom stereocenters. The summed E-state index contributed by atoms with van der Waals surface area (Å²) in [6, 6.07) is 14.2. The van der Waals surface area contributed by atoms with Crippen molar-refractivity contribution < 1.29 is 23.9 Å². The van der Waals surface area contributed by atoms with Crippen LogP contribution in [0.2, 0.25) is 0 Å². The molecule has 1 aliphatic rings. The number of hydrogen-bond donors (Lipinski definition) is 1. The van der Waals surface area contributed by atoms with Crippen molar-refractivity contribution in [2.75, 3.05) is 32.6 Å². The predicted octanol–water partition coefficient (Wildman–Crippen LogP) is 2.51. The minimum absolute atomic E-state index is 0.0386. The van der Waals surface area contributed by atoms with Crippen molar-refractivity contribution in [3.8, 4) is 5.75 Å². The smallest absolute Gasteiger partial charge is 0.337 e. The van der Waals surface area contributed by atoms with Crippen LogP contribution in [0.25, 0.3) is 0 Å². The van der Waals surface area contributed by atoms with Crippen LogP contribution >= 0.6 is 0 Å². The average Bonchev–Trinajstić information content (AvgIpc) is 3.12. The maximum atomic E-state index is 12.6. The molecular formula is C22H24N2O5. The fourth-order valence-corrected chi connectivity index (χ4v) is 3.41. The van der Waals surface area contributed by atoms with E-state index in [4.69, 9.17) is 9.47 Å². The van der Waals surface area contributed by atoms with Crippen LogP contribution in [0.4, 0.5) is 5.69 Å². The molecule has 1 heterocycles. The molecule has 1 aliphatic heterocycles. The number of anilines is 1. The third-order valence-electron chi connectivity index (χ3n) is 4.98. The van der Waals surface area contributed by atoms with E-state index in [2.05, 4.69) is 5.32 Å². The first kappa shape index (κ1) is 20.4. The Labute approximate surface area is 169 Å². The van der Waals surface area contributed by atoms with Gasteiger partial charge < -0.3 is 19.7 Å². The molecule has 2 amide bonds. The van der Waals surface area contributed by atoms with Crippen LogP contribution in [0.5, 0.6) is 5.75 Å². The molecule has 0 bridgehead atoms. The van der Waals surface area contributed by atoms with E-state index >= 15 is 0 Å². The van der Waals surface area contributed by atoms with Gasteiger partial charge in [-0.15, -0.1) is 0 Å². The predicted molar refractivity (Wildman–Crippen MR) is 108 cm³/mol. The Bertz CT molecular complexity index is 912. The van der Waals surface area contributed by atoms with Crippen LogP contribution < -0.4 is 10.1 Å². The number of nitrogens with one attached hydrogen (secondary N) is 1. The Morgan fingerprint density at radius 1 is 1.14 bits per heavy atom. The zero-order valence-corrected chi connectivity index (χ0v) is 16.5. The van der Waals surface area contributed by atoms with Gasteiger partial charge in [-0.3, -0.25) is 9.59 Å². The zero-order valence-electron chi connectivity index (χ0n) is 16.5. The third kappa shape index (κ3) is 4.93. The van der Waals surface area contributed by atoms with E-state index < -0.39 is 11.9 Å². The topological polar surface area (TPSA) is 84.9 Å². The van der Waals surface area contributed by atoms with E-state index in [1.807, 2.05) is 24.3 Å². The van der Waals surface area contributed by atoms with Gasteiger partial charge in [-0.25, -0.2) is 4.79 Å². The van der Waals surface area contributed by atoms with E-state index in [1.54, 1.807) is 36.3 Å². The van der Waals surface area contributed by atoms with Crippen molar-refractivity contribution in [1.29, 1.82) is 0 Å². The first-order valence-electron chi connectivity index (χ1n) is 9.40. The molecule has 1 atom stereocenters. The number of nitrogens with zero attached hydrogens (tertiary/aromatic N) is 1. The number of likely N-dealkylation sites (tertiary alicyclic amines) is 1. The average molecular weight is 396 g/mol. The van der Waals surface area contributed by atoms with Gasteiger partial charge >= 0.3 is 5.97 Å². The van der Waals surface area contributed by atoms with E-state index in [1.165, 1.54) is 7.11 Å². The summed E-state index contributed by atoms with van der Waals surface area (Å²) in [6.45, 7) is 0.900. The minimum Gasteiger partial charge on any atom is -0.496 e. The molecule has 7 nitrogen and oxygen atoms in total. The number of hydrogen-bond acceptors (Lipinski definition) is 5. The van der Waals surface area contributed by atoms with E-state index in [0.29, 0.717) is 30.8 Å². The van der Waals surface area contributed by atoms with Crippen LogP contribution in [0.1, 0.15) is 22.3 Å². The SMILES string of the molecule is COC(=O)c1cccc(NC(=O)C2CC(=O)N(CCc3ccccc3OC)C2)c1. The second-order valence-electron chi connectivity index (χ2n) is 6.86. The second kappa shape index (κ2) is 9.23. The van der Waals surface area contributed by atoms with Crippen molar-refractivity contribution in [3.63, 3.8) is 0 Å². The fourth-order valence-electron chi connectivity index (χ4n) is 3.41. The monoisotopic (exact) mass is 396 g/mol. The van der Waals surface area contributed by atoms with Gasteiger partial charge in [0, 0.05) is 25.2 Å². The molecule has 0 saturated carbocycles. The number of para-hydroxylation sites is 1. The maximum absolute atomic E-state index is 12.6. The molecule has 152 valence electrons. The molecule has 0 aliphatic carbocycles. The largest absolute Gasteiger partial charge is 0.496 e. The first-order valence-corrected chi connectivity index (χ1v) is 9.40. The van der Waals surface area contributed by atoms with Gasteiger partial charge in [0.25, 0.3) is 0 Å². The molecule has 29 heavy (non-hydrogen) atoms. The molecule has 1 fully saturated rings. The summed E-state index contributed by atoms with van der Waals surface area (Å²) in [5.41, 5.74) is 1.87. The summed E-state index contributed by atoms with van der Waals surface area (Å²) in [6.07, 6.45) is 0.833. The van der Waals surface area contributed by atoms with E-state index in [9.17, 15) is 14.4 Å². The standard InChI is InChI=1S/C22H24N2O5/c1-28-19-9-4-3-6-15(19)10-11-24-14-17(13-20(24)25)21(26)23-18-8-5-7-16(12-18)22(27)29-2/h3-9,12,17H,10-11,13-14H2,1-2H3,(H,23,26). The Morgan fingerprint density at radius 2 is 1.93 bits per heavy atom. The molecule has 0 radical (unpaired) electrons. The number of rotatable bonds is 7. The Kier molecular flexibility index (Phi) is 6.49. The van der Waals surface area contributed by atoms with Crippen molar-refractivity contribution in [3.05, 3.63) is 59.7 Å². The quantitative estimate of drug-likeness (QED) is 0.727. The number of benzene rings is 2. The lowest BCUT2D eigenvalue weighted by Crippen LogP contribution is -2.30. The summed E-state index contributed by atoms with van der Waals surface area (Å²) in [5, 5.41) is 2.79. The van der Waals surface area contributed by atoms with Crippen molar-refractivity contribution in [1.82, 2.24) is 4.90 Å². The highest BCUT2D eigenvalue weighted by atomic mass is 16.5. The van der Waals surface area contributed by atoms with Crippen molar-refractivity contribution >= 4 is 23.5 Å².